The van der Waals surface area contributed by atoms with Crippen molar-refractivity contribution in [2.45, 2.75) is 106 Å². The number of aldehydes is 1. The summed E-state index contributed by atoms with van der Waals surface area (Å²) >= 11 is 0. The summed E-state index contributed by atoms with van der Waals surface area (Å²) in [7, 11) is 0. The largest absolute Gasteiger partial charge is 0.303 e. The van der Waals surface area contributed by atoms with Crippen LogP contribution in [0.5, 0.6) is 0 Å². The van der Waals surface area contributed by atoms with Crippen molar-refractivity contribution in [1.29, 1.82) is 0 Å². The summed E-state index contributed by atoms with van der Waals surface area (Å²) in [6.07, 6.45) is 12.7. The van der Waals surface area contributed by atoms with Crippen LogP contribution in [-0.2, 0) is 4.79 Å². The van der Waals surface area contributed by atoms with Gasteiger partial charge in [0.2, 0.25) is 0 Å². The maximum atomic E-state index is 11.9. The average Bonchev–Trinajstić information content (AvgIpc) is 2.66. The molecular formula is C29H48O. The predicted molar refractivity (Wildman–Crippen MR) is 127 cm³/mol. The van der Waals surface area contributed by atoms with Gasteiger partial charge < -0.3 is 4.79 Å². The fraction of sp³-hybridized carbons (Fsp3) is 0.897. The van der Waals surface area contributed by atoms with E-state index in [1.54, 1.807) is 0 Å². The first-order chi connectivity index (χ1) is 13.9. The van der Waals surface area contributed by atoms with Crippen molar-refractivity contribution < 1.29 is 4.79 Å². The van der Waals surface area contributed by atoms with E-state index in [-0.39, 0.29) is 5.41 Å². The Labute approximate surface area is 186 Å². The van der Waals surface area contributed by atoms with Gasteiger partial charge in [-0.15, -0.1) is 0 Å². The molecule has 0 radical (unpaired) electrons. The second kappa shape index (κ2) is 7.21. The molecule has 0 bridgehead atoms. The second-order valence-corrected chi connectivity index (χ2v) is 13.5. The number of fused-ring (bicyclic) bond motifs is 5. The summed E-state index contributed by atoms with van der Waals surface area (Å²) in [5, 5.41) is 0. The standard InChI is InChI=1S/C29H48O/c1-19(2)22-12-14-29(8)24(27(22,6)17-18-30)10-9-23-25-21(4)20(3)11-13-26(25,5)15-16-28(23,29)7/h18-19,21-25H,3,9-17H2,1-2,4-8H3. The van der Waals surface area contributed by atoms with Gasteiger partial charge in [0.15, 0.2) is 0 Å². The van der Waals surface area contributed by atoms with E-state index in [1.165, 1.54) is 63.2 Å². The molecule has 9 atom stereocenters. The van der Waals surface area contributed by atoms with Crippen molar-refractivity contribution >= 4 is 6.29 Å². The molecule has 0 aromatic carbocycles. The van der Waals surface area contributed by atoms with Crippen molar-refractivity contribution in [1.82, 2.24) is 0 Å². The van der Waals surface area contributed by atoms with Crippen LogP contribution in [0.25, 0.3) is 0 Å². The van der Waals surface area contributed by atoms with Crippen LogP contribution in [0.2, 0.25) is 0 Å². The lowest BCUT2D eigenvalue weighted by Crippen LogP contribution is -2.65. The van der Waals surface area contributed by atoms with Crippen LogP contribution in [0.15, 0.2) is 12.2 Å². The van der Waals surface area contributed by atoms with Gasteiger partial charge in [-0.1, -0.05) is 60.6 Å². The SMILES string of the molecule is C=C1CCC2(C)CCC3(C)C(CCC4C(C)(CC=O)C(C(C)C)CCC43C)C2C1C. The molecule has 4 aliphatic rings. The highest BCUT2D eigenvalue weighted by Crippen LogP contribution is 2.75. The maximum absolute atomic E-state index is 11.9. The fourth-order valence-corrected chi connectivity index (χ4v) is 10.3. The Bertz CT molecular complexity index is 707. The number of hydrogen-bond acceptors (Lipinski definition) is 1. The first kappa shape index (κ1) is 22.6. The Balaban J connectivity index is 1.76. The van der Waals surface area contributed by atoms with Crippen molar-refractivity contribution in [2.75, 3.05) is 0 Å². The summed E-state index contributed by atoms with van der Waals surface area (Å²) in [6.45, 7) is 22.3. The number of hydrogen-bond donors (Lipinski definition) is 0. The van der Waals surface area contributed by atoms with Gasteiger partial charge in [-0.05, 0) is 109 Å². The van der Waals surface area contributed by atoms with Crippen molar-refractivity contribution in [3.8, 4) is 0 Å². The third-order valence-electron chi connectivity index (χ3n) is 12.3. The van der Waals surface area contributed by atoms with E-state index >= 15 is 0 Å². The minimum absolute atomic E-state index is 0.166. The minimum atomic E-state index is 0.166. The zero-order valence-electron chi connectivity index (χ0n) is 21.0. The van der Waals surface area contributed by atoms with E-state index in [0.29, 0.717) is 39.9 Å². The minimum Gasteiger partial charge on any atom is -0.303 e. The molecule has 0 saturated heterocycles. The highest BCUT2D eigenvalue weighted by Gasteiger charge is 2.67. The third-order valence-corrected chi connectivity index (χ3v) is 12.3. The van der Waals surface area contributed by atoms with Crippen LogP contribution in [0.3, 0.4) is 0 Å². The Morgan fingerprint density at radius 1 is 1.00 bits per heavy atom. The number of carbonyl (C=O) groups is 1. The molecule has 4 rings (SSSR count). The van der Waals surface area contributed by atoms with E-state index < -0.39 is 0 Å². The van der Waals surface area contributed by atoms with E-state index in [2.05, 4.69) is 55.0 Å². The van der Waals surface area contributed by atoms with Gasteiger partial charge in [-0.3, -0.25) is 0 Å². The summed E-state index contributed by atoms with van der Waals surface area (Å²) in [6, 6.07) is 0. The lowest BCUT2D eigenvalue weighted by molar-refractivity contribution is -0.228. The summed E-state index contributed by atoms with van der Waals surface area (Å²) in [4.78, 5) is 11.9. The van der Waals surface area contributed by atoms with E-state index in [4.69, 9.17) is 0 Å². The third kappa shape index (κ3) is 2.82. The van der Waals surface area contributed by atoms with Crippen LogP contribution in [0.4, 0.5) is 0 Å². The molecule has 0 aromatic heterocycles. The summed E-state index contributed by atoms with van der Waals surface area (Å²) in [5.41, 5.74) is 2.95. The molecule has 0 heterocycles. The van der Waals surface area contributed by atoms with Gasteiger partial charge in [-0.25, -0.2) is 0 Å². The molecule has 4 fully saturated rings. The smallest absolute Gasteiger partial charge is 0.120 e. The maximum Gasteiger partial charge on any atom is 0.120 e. The number of carbonyl (C=O) groups excluding carboxylic acids is 1. The van der Waals surface area contributed by atoms with Crippen molar-refractivity contribution in [3.05, 3.63) is 12.2 Å². The molecule has 0 spiro atoms. The Hall–Kier alpha value is -0.590. The molecule has 1 nitrogen and oxygen atoms in total. The molecule has 4 saturated carbocycles. The van der Waals surface area contributed by atoms with Gasteiger partial charge in [0, 0.05) is 6.42 Å². The monoisotopic (exact) mass is 412 g/mol. The molecule has 170 valence electrons. The first-order valence-corrected chi connectivity index (χ1v) is 13.1. The second-order valence-electron chi connectivity index (χ2n) is 13.5. The zero-order valence-corrected chi connectivity index (χ0v) is 21.0. The van der Waals surface area contributed by atoms with Gasteiger partial charge >= 0.3 is 0 Å². The summed E-state index contributed by atoms with van der Waals surface area (Å²) < 4.78 is 0. The lowest BCUT2D eigenvalue weighted by Gasteiger charge is -2.72. The highest BCUT2D eigenvalue weighted by molar-refractivity contribution is 5.51. The highest BCUT2D eigenvalue weighted by atomic mass is 16.1. The first-order valence-electron chi connectivity index (χ1n) is 13.1. The molecule has 1 heteroatoms. The molecule has 0 aliphatic heterocycles. The van der Waals surface area contributed by atoms with Gasteiger partial charge in [0.1, 0.15) is 6.29 Å². The van der Waals surface area contributed by atoms with Crippen LogP contribution >= 0.6 is 0 Å². The predicted octanol–water partition coefficient (Wildman–Crippen LogP) is 8.09. The van der Waals surface area contributed by atoms with E-state index in [0.717, 1.165) is 18.3 Å². The Morgan fingerprint density at radius 2 is 1.70 bits per heavy atom. The molecule has 0 amide bonds. The van der Waals surface area contributed by atoms with Crippen LogP contribution in [0.1, 0.15) is 106 Å². The van der Waals surface area contributed by atoms with Crippen LogP contribution in [0, 0.1) is 57.2 Å². The molecule has 30 heavy (non-hydrogen) atoms. The normalized spacial score (nSPS) is 53.6. The molecule has 4 aliphatic carbocycles. The Kier molecular flexibility index (Phi) is 5.43. The van der Waals surface area contributed by atoms with Gasteiger partial charge in [-0.2, -0.15) is 0 Å². The Morgan fingerprint density at radius 3 is 2.33 bits per heavy atom. The van der Waals surface area contributed by atoms with Crippen LogP contribution in [-0.4, -0.2) is 6.29 Å². The topological polar surface area (TPSA) is 17.1 Å². The fourth-order valence-electron chi connectivity index (χ4n) is 10.3. The van der Waals surface area contributed by atoms with E-state index in [1.807, 2.05) is 0 Å². The average molecular weight is 413 g/mol. The van der Waals surface area contributed by atoms with Crippen molar-refractivity contribution in [2.24, 2.45) is 57.2 Å². The van der Waals surface area contributed by atoms with Crippen molar-refractivity contribution in [3.63, 3.8) is 0 Å². The number of allylic oxidation sites excluding steroid dienone is 1. The molecule has 0 aromatic rings. The number of rotatable bonds is 3. The quantitative estimate of drug-likeness (QED) is 0.338. The van der Waals surface area contributed by atoms with E-state index in [9.17, 15) is 4.79 Å². The molecular weight excluding hydrogens is 364 g/mol. The van der Waals surface area contributed by atoms with Gasteiger partial charge in [0.05, 0.1) is 0 Å². The summed E-state index contributed by atoms with van der Waals surface area (Å²) in [5.74, 6) is 4.33. The molecule has 0 N–H and O–H groups in total. The van der Waals surface area contributed by atoms with Crippen LogP contribution < -0.4 is 0 Å². The molecule has 9 unspecified atom stereocenters. The lowest BCUT2D eigenvalue weighted by atomic mass is 9.33. The van der Waals surface area contributed by atoms with Gasteiger partial charge in [0.25, 0.3) is 0 Å². The zero-order chi connectivity index (χ0) is 22.1.